The maximum Gasteiger partial charge on any atom is 0.336 e. The van der Waals surface area contributed by atoms with Crippen LogP contribution in [-0.2, 0) is 11.3 Å². The van der Waals surface area contributed by atoms with Crippen molar-refractivity contribution in [1.82, 2.24) is 15.0 Å². The molecule has 2 aromatic carbocycles. The Kier molecular flexibility index (Phi) is 5.04. The van der Waals surface area contributed by atoms with Gasteiger partial charge in [0.2, 0.25) is 0 Å². The van der Waals surface area contributed by atoms with E-state index in [0.717, 1.165) is 16.7 Å². The lowest BCUT2D eigenvalue weighted by atomic mass is 10.1. The SMILES string of the molecule is Cc1ccc(OC(=O)/C=C/c2cn(Cc3ccccc3)nn2)c(C)c1. The number of ether oxygens (including phenoxy) is 1. The fraction of sp³-hybridized carbons (Fsp3) is 0.150. The Bertz CT molecular complexity index is 898. The summed E-state index contributed by atoms with van der Waals surface area (Å²) in [4.78, 5) is 12.0. The molecule has 5 nitrogen and oxygen atoms in total. The van der Waals surface area contributed by atoms with Gasteiger partial charge in [0, 0.05) is 6.08 Å². The number of carbonyl (C=O) groups is 1. The average Bonchev–Trinajstić information content (AvgIpc) is 3.04. The van der Waals surface area contributed by atoms with Crippen LogP contribution in [0.4, 0.5) is 0 Å². The Hall–Kier alpha value is -3.21. The molecule has 5 heteroatoms. The molecule has 0 bridgehead atoms. The zero-order valence-corrected chi connectivity index (χ0v) is 14.2. The van der Waals surface area contributed by atoms with Crippen LogP contribution < -0.4 is 4.74 Å². The van der Waals surface area contributed by atoms with Crippen LogP contribution in [-0.4, -0.2) is 21.0 Å². The third kappa shape index (κ3) is 4.64. The normalized spacial score (nSPS) is 11.0. The van der Waals surface area contributed by atoms with Gasteiger partial charge in [-0.3, -0.25) is 0 Å². The van der Waals surface area contributed by atoms with E-state index in [1.54, 1.807) is 23.0 Å². The van der Waals surface area contributed by atoms with E-state index in [9.17, 15) is 4.79 Å². The first kappa shape index (κ1) is 16.6. The second kappa shape index (κ2) is 7.57. The molecule has 0 saturated carbocycles. The molecular formula is C20H19N3O2. The number of hydrogen-bond donors (Lipinski definition) is 0. The quantitative estimate of drug-likeness (QED) is 0.407. The van der Waals surface area contributed by atoms with E-state index < -0.39 is 5.97 Å². The molecule has 0 aliphatic carbocycles. The van der Waals surface area contributed by atoms with Crippen molar-refractivity contribution < 1.29 is 9.53 Å². The van der Waals surface area contributed by atoms with Crippen molar-refractivity contribution in [3.63, 3.8) is 0 Å². The predicted molar refractivity (Wildman–Crippen MR) is 96.2 cm³/mol. The van der Waals surface area contributed by atoms with E-state index in [2.05, 4.69) is 10.3 Å². The second-order valence-corrected chi connectivity index (χ2v) is 5.85. The summed E-state index contributed by atoms with van der Waals surface area (Å²) in [7, 11) is 0. The van der Waals surface area contributed by atoms with Gasteiger partial charge in [0.05, 0.1) is 12.7 Å². The highest BCUT2D eigenvalue weighted by Gasteiger charge is 2.05. The smallest absolute Gasteiger partial charge is 0.336 e. The van der Waals surface area contributed by atoms with Crippen molar-refractivity contribution in [2.45, 2.75) is 20.4 Å². The van der Waals surface area contributed by atoms with Crippen molar-refractivity contribution >= 4 is 12.0 Å². The topological polar surface area (TPSA) is 57.0 Å². The van der Waals surface area contributed by atoms with Crippen LogP contribution in [0.2, 0.25) is 0 Å². The molecule has 1 aromatic heterocycles. The molecule has 0 aliphatic heterocycles. The number of rotatable bonds is 5. The summed E-state index contributed by atoms with van der Waals surface area (Å²) < 4.78 is 7.07. The van der Waals surface area contributed by atoms with Crippen molar-refractivity contribution in [2.24, 2.45) is 0 Å². The fourth-order valence-electron chi connectivity index (χ4n) is 2.45. The molecule has 1 heterocycles. The van der Waals surface area contributed by atoms with Gasteiger partial charge in [0.15, 0.2) is 0 Å². The lowest BCUT2D eigenvalue weighted by Crippen LogP contribution is -2.04. The molecular weight excluding hydrogens is 314 g/mol. The molecule has 0 N–H and O–H groups in total. The van der Waals surface area contributed by atoms with Gasteiger partial charge in [0.1, 0.15) is 11.4 Å². The van der Waals surface area contributed by atoms with Crippen molar-refractivity contribution in [3.05, 3.63) is 83.2 Å². The van der Waals surface area contributed by atoms with E-state index in [-0.39, 0.29) is 0 Å². The Morgan fingerprint density at radius 2 is 1.96 bits per heavy atom. The molecule has 0 amide bonds. The Balaban J connectivity index is 1.61. The molecule has 0 radical (unpaired) electrons. The van der Waals surface area contributed by atoms with Gasteiger partial charge in [-0.1, -0.05) is 53.2 Å². The highest BCUT2D eigenvalue weighted by atomic mass is 16.5. The fourth-order valence-corrected chi connectivity index (χ4v) is 2.45. The highest BCUT2D eigenvalue weighted by molar-refractivity contribution is 5.88. The number of aromatic nitrogens is 3. The van der Waals surface area contributed by atoms with Crippen LogP contribution in [0.25, 0.3) is 6.08 Å². The predicted octanol–water partition coefficient (Wildman–Crippen LogP) is 3.56. The van der Waals surface area contributed by atoms with Crippen molar-refractivity contribution in [1.29, 1.82) is 0 Å². The van der Waals surface area contributed by atoms with Gasteiger partial charge in [-0.25, -0.2) is 9.48 Å². The molecule has 0 spiro atoms. The van der Waals surface area contributed by atoms with Gasteiger partial charge >= 0.3 is 5.97 Å². The van der Waals surface area contributed by atoms with E-state index in [1.807, 2.05) is 56.3 Å². The van der Waals surface area contributed by atoms with Crippen LogP contribution in [0.1, 0.15) is 22.4 Å². The minimum Gasteiger partial charge on any atom is -0.423 e. The van der Waals surface area contributed by atoms with Gasteiger partial charge in [-0.15, -0.1) is 5.10 Å². The average molecular weight is 333 g/mol. The maximum atomic E-state index is 12.0. The third-order valence-electron chi connectivity index (χ3n) is 3.67. The van der Waals surface area contributed by atoms with E-state index in [0.29, 0.717) is 18.0 Å². The zero-order valence-electron chi connectivity index (χ0n) is 14.2. The number of aryl methyl sites for hydroxylation is 2. The van der Waals surface area contributed by atoms with E-state index in [1.165, 1.54) is 6.08 Å². The van der Waals surface area contributed by atoms with Crippen LogP contribution in [0.3, 0.4) is 0 Å². The van der Waals surface area contributed by atoms with Gasteiger partial charge in [-0.05, 0) is 37.1 Å². The maximum absolute atomic E-state index is 12.0. The molecule has 0 fully saturated rings. The van der Waals surface area contributed by atoms with Crippen molar-refractivity contribution in [3.8, 4) is 5.75 Å². The molecule has 0 aliphatic rings. The number of nitrogens with zero attached hydrogens (tertiary/aromatic N) is 3. The minimum atomic E-state index is -0.440. The molecule has 0 saturated heterocycles. The number of esters is 1. The molecule has 0 unspecified atom stereocenters. The molecule has 0 atom stereocenters. The third-order valence-corrected chi connectivity index (χ3v) is 3.67. The molecule has 3 rings (SSSR count). The zero-order chi connectivity index (χ0) is 17.6. The molecule has 3 aromatic rings. The summed E-state index contributed by atoms with van der Waals surface area (Å²) in [5.74, 6) is 0.123. The number of benzene rings is 2. The van der Waals surface area contributed by atoms with Crippen molar-refractivity contribution in [2.75, 3.05) is 0 Å². The summed E-state index contributed by atoms with van der Waals surface area (Å²) in [6.07, 6.45) is 4.74. The lowest BCUT2D eigenvalue weighted by Gasteiger charge is -2.05. The Morgan fingerprint density at radius 3 is 2.72 bits per heavy atom. The van der Waals surface area contributed by atoms with E-state index in [4.69, 9.17) is 4.74 Å². The van der Waals surface area contributed by atoms with Crippen LogP contribution in [0.5, 0.6) is 5.75 Å². The number of hydrogen-bond acceptors (Lipinski definition) is 4. The summed E-state index contributed by atoms with van der Waals surface area (Å²) in [6.45, 7) is 4.54. The largest absolute Gasteiger partial charge is 0.423 e. The van der Waals surface area contributed by atoms with Gasteiger partial charge in [-0.2, -0.15) is 0 Å². The number of carbonyl (C=O) groups excluding carboxylic acids is 1. The summed E-state index contributed by atoms with van der Waals surface area (Å²) in [5.41, 5.74) is 3.80. The molecule has 25 heavy (non-hydrogen) atoms. The summed E-state index contributed by atoms with van der Waals surface area (Å²) >= 11 is 0. The summed E-state index contributed by atoms with van der Waals surface area (Å²) in [6, 6.07) is 15.7. The van der Waals surface area contributed by atoms with Gasteiger partial charge < -0.3 is 4.74 Å². The molecule has 126 valence electrons. The Morgan fingerprint density at radius 1 is 1.16 bits per heavy atom. The van der Waals surface area contributed by atoms with Crippen LogP contribution in [0, 0.1) is 13.8 Å². The second-order valence-electron chi connectivity index (χ2n) is 5.85. The first-order valence-corrected chi connectivity index (χ1v) is 8.01. The standard InChI is InChI=1S/C20H19N3O2/c1-15-8-10-19(16(2)12-15)25-20(24)11-9-18-14-23(22-21-18)13-17-6-4-3-5-7-17/h3-12,14H,13H2,1-2H3/b11-9+. The van der Waals surface area contributed by atoms with Crippen LogP contribution in [0.15, 0.2) is 60.8 Å². The first-order valence-electron chi connectivity index (χ1n) is 8.01. The first-order chi connectivity index (χ1) is 12.1. The lowest BCUT2D eigenvalue weighted by molar-refractivity contribution is -0.128. The summed E-state index contributed by atoms with van der Waals surface area (Å²) in [5, 5.41) is 8.10. The highest BCUT2D eigenvalue weighted by Crippen LogP contribution is 2.19. The van der Waals surface area contributed by atoms with Crippen LogP contribution >= 0.6 is 0 Å². The minimum absolute atomic E-state index is 0.440. The van der Waals surface area contributed by atoms with Gasteiger partial charge in [0.25, 0.3) is 0 Å². The monoisotopic (exact) mass is 333 g/mol. The Labute approximate surface area is 146 Å². The van der Waals surface area contributed by atoms with E-state index >= 15 is 0 Å².